The Kier molecular flexibility index (Phi) is 11.2. The van der Waals surface area contributed by atoms with Gasteiger partial charge in [-0.05, 0) is 66.0 Å². The van der Waals surface area contributed by atoms with Crippen molar-refractivity contribution in [3.63, 3.8) is 0 Å². The largest absolute Gasteiger partial charge is 0.495 e. The van der Waals surface area contributed by atoms with Crippen LogP contribution in [0, 0.1) is 23.7 Å². The molecule has 1 aliphatic rings. The van der Waals surface area contributed by atoms with Crippen molar-refractivity contribution in [2.24, 2.45) is 10.4 Å². The quantitative estimate of drug-likeness (QED) is 0.313. The van der Waals surface area contributed by atoms with Crippen LogP contribution in [0.25, 0.3) is 11.1 Å². The van der Waals surface area contributed by atoms with Crippen LogP contribution in [0.2, 0.25) is 0 Å². The Morgan fingerprint density at radius 3 is 2.30 bits per heavy atom. The highest BCUT2D eigenvalue weighted by atomic mass is 16.6. The van der Waals surface area contributed by atoms with Crippen molar-refractivity contribution in [1.82, 2.24) is 9.97 Å². The molecule has 40 heavy (non-hydrogen) atoms. The molecule has 0 unspecified atom stereocenters. The SMILES string of the molecule is C=CC=NC(=C(C)C)C1(CN(C(=O)OC(C)(C)C)c2ncc(-c3c(C)ccc(C#N)c3OC)cn2)CCC1.CC. The third-order valence-electron chi connectivity index (χ3n) is 6.53. The summed E-state index contributed by atoms with van der Waals surface area (Å²) < 4.78 is 11.3. The van der Waals surface area contributed by atoms with Gasteiger partial charge in [0, 0.05) is 47.4 Å². The number of carbonyl (C=O) groups excluding carboxylic acids is 1. The van der Waals surface area contributed by atoms with Crippen LogP contribution >= 0.6 is 0 Å². The Labute approximate surface area is 239 Å². The molecule has 1 saturated carbocycles. The normalized spacial score (nSPS) is 13.7. The standard InChI is InChI=1S/C30H37N5O3.C2H6/c1-9-15-32-26(20(2)3)30(13-10-14-30)19-35(28(36)38-29(5,6)7)27-33-17-23(18-34-27)24-21(4)11-12-22(16-31)25(24)37-8;1-2/h9,11-12,15,17-18H,1,10,13-14,19H2,2-8H3;1-2H3. The van der Waals surface area contributed by atoms with Gasteiger partial charge in [0.15, 0.2) is 0 Å². The molecule has 0 N–H and O–H groups in total. The van der Waals surface area contributed by atoms with Gasteiger partial charge in [-0.15, -0.1) is 0 Å². The molecule has 8 heteroatoms. The summed E-state index contributed by atoms with van der Waals surface area (Å²) in [5.41, 5.74) is 3.77. The Bertz CT molecular complexity index is 1290. The predicted molar refractivity (Wildman–Crippen MR) is 162 cm³/mol. The van der Waals surface area contributed by atoms with Crippen molar-refractivity contribution >= 4 is 18.3 Å². The Hall–Kier alpha value is -3.99. The molecule has 0 bridgehead atoms. The fourth-order valence-corrected chi connectivity index (χ4v) is 4.76. The number of nitrogens with zero attached hydrogens (tertiary/aromatic N) is 5. The number of hydrogen-bond acceptors (Lipinski definition) is 7. The van der Waals surface area contributed by atoms with Crippen molar-refractivity contribution in [1.29, 1.82) is 5.26 Å². The molecule has 2 aromatic rings. The fourth-order valence-electron chi connectivity index (χ4n) is 4.76. The summed E-state index contributed by atoms with van der Waals surface area (Å²) in [4.78, 5) is 28.9. The zero-order valence-corrected chi connectivity index (χ0v) is 25.5. The summed E-state index contributed by atoms with van der Waals surface area (Å²) in [6.07, 6.45) is 8.94. The Morgan fingerprint density at radius 1 is 1.23 bits per heavy atom. The second kappa shape index (κ2) is 13.9. The van der Waals surface area contributed by atoms with Gasteiger partial charge in [-0.3, -0.25) is 4.99 Å². The molecule has 3 rings (SSSR count). The van der Waals surface area contributed by atoms with Crippen molar-refractivity contribution in [3.05, 3.63) is 59.6 Å². The minimum atomic E-state index is -0.690. The van der Waals surface area contributed by atoms with Gasteiger partial charge >= 0.3 is 6.09 Å². The number of allylic oxidation sites excluding steroid dienone is 2. The molecule has 0 saturated heterocycles. The van der Waals surface area contributed by atoms with Crippen LogP contribution in [0.1, 0.15) is 78.9 Å². The molecule has 0 atom stereocenters. The second-order valence-electron chi connectivity index (χ2n) is 10.8. The molecule has 214 valence electrons. The van der Waals surface area contributed by atoms with Crippen LogP contribution in [0.3, 0.4) is 0 Å². The van der Waals surface area contributed by atoms with Gasteiger partial charge < -0.3 is 9.47 Å². The molecular weight excluding hydrogens is 502 g/mol. The number of aliphatic imine (C=N–C) groups is 1. The summed E-state index contributed by atoms with van der Waals surface area (Å²) in [5.74, 6) is 0.706. The van der Waals surface area contributed by atoms with E-state index in [0.29, 0.717) is 23.4 Å². The average Bonchev–Trinajstić information content (AvgIpc) is 2.89. The van der Waals surface area contributed by atoms with Crippen LogP contribution in [-0.2, 0) is 4.74 Å². The average molecular weight is 546 g/mol. The number of carbonyl (C=O) groups is 1. The van der Waals surface area contributed by atoms with Crippen molar-refractivity contribution in [2.75, 3.05) is 18.6 Å². The van der Waals surface area contributed by atoms with Gasteiger partial charge in [-0.25, -0.2) is 19.7 Å². The highest BCUT2D eigenvalue weighted by Gasteiger charge is 2.45. The number of methoxy groups -OCH3 is 1. The summed E-state index contributed by atoms with van der Waals surface area (Å²) >= 11 is 0. The number of anilines is 1. The first kappa shape index (κ1) is 32.2. The van der Waals surface area contributed by atoms with Gasteiger partial charge in [0.1, 0.15) is 17.4 Å². The molecule has 8 nitrogen and oxygen atoms in total. The lowest BCUT2D eigenvalue weighted by Gasteiger charge is -2.45. The summed E-state index contributed by atoms with van der Waals surface area (Å²) in [5, 5.41) is 9.52. The zero-order chi connectivity index (χ0) is 30.1. The monoisotopic (exact) mass is 545 g/mol. The predicted octanol–water partition coefficient (Wildman–Crippen LogP) is 7.82. The molecule has 1 aromatic heterocycles. The van der Waals surface area contributed by atoms with Gasteiger partial charge in [0.2, 0.25) is 5.95 Å². The van der Waals surface area contributed by atoms with E-state index >= 15 is 0 Å². The second-order valence-corrected chi connectivity index (χ2v) is 10.8. The van der Waals surface area contributed by atoms with Crippen LogP contribution in [0.5, 0.6) is 5.75 Å². The van der Waals surface area contributed by atoms with Crippen LogP contribution in [0.15, 0.2) is 53.4 Å². The van der Waals surface area contributed by atoms with Gasteiger partial charge in [0.25, 0.3) is 0 Å². The van der Waals surface area contributed by atoms with Crippen LogP contribution in [-0.4, -0.2) is 41.5 Å². The molecule has 0 spiro atoms. The van der Waals surface area contributed by atoms with E-state index in [9.17, 15) is 10.1 Å². The summed E-state index contributed by atoms with van der Waals surface area (Å²) in [7, 11) is 1.53. The maximum atomic E-state index is 13.5. The van der Waals surface area contributed by atoms with Crippen LogP contribution in [0.4, 0.5) is 10.7 Å². The third kappa shape index (κ3) is 7.35. The van der Waals surface area contributed by atoms with E-state index < -0.39 is 11.7 Å². The lowest BCUT2D eigenvalue weighted by atomic mass is 9.65. The minimum Gasteiger partial charge on any atom is -0.495 e. The van der Waals surface area contributed by atoms with E-state index in [0.717, 1.165) is 41.7 Å². The van der Waals surface area contributed by atoms with E-state index in [2.05, 4.69) is 22.6 Å². The minimum absolute atomic E-state index is 0.239. The Morgan fingerprint density at radius 2 is 1.85 bits per heavy atom. The summed E-state index contributed by atoms with van der Waals surface area (Å²) in [6, 6.07) is 5.76. The Balaban J connectivity index is 0.00000274. The lowest BCUT2D eigenvalue weighted by Crippen LogP contribution is -2.48. The third-order valence-corrected chi connectivity index (χ3v) is 6.53. The first-order valence-corrected chi connectivity index (χ1v) is 13.7. The van der Waals surface area contributed by atoms with Crippen LogP contribution < -0.4 is 9.64 Å². The van der Waals surface area contributed by atoms with Crippen molar-refractivity contribution < 1.29 is 14.3 Å². The number of amides is 1. The van der Waals surface area contributed by atoms with Gasteiger partial charge in [-0.1, -0.05) is 44.6 Å². The van der Waals surface area contributed by atoms with E-state index in [4.69, 9.17) is 14.5 Å². The molecule has 1 amide bonds. The number of hydrogen-bond donors (Lipinski definition) is 0. The first-order chi connectivity index (χ1) is 19.0. The van der Waals surface area contributed by atoms with Gasteiger partial charge in [-0.2, -0.15) is 5.26 Å². The number of ether oxygens (including phenoxy) is 2. The van der Waals surface area contributed by atoms with E-state index in [1.165, 1.54) is 12.0 Å². The molecule has 1 aliphatic carbocycles. The van der Waals surface area contributed by atoms with E-state index in [-0.39, 0.29) is 11.4 Å². The highest BCUT2D eigenvalue weighted by molar-refractivity contribution is 5.86. The fraction of sp³-hybridized carbons (Fsp3) is 0.469. The molecule has 0 aliphatic heterocycles. The van der Waals surface area contributed by atoms with E-state index in [1.54, 1.807) is 30.8 Å². The summed E-state index contributed by atoms with van der Waals surface area (Å²) in [6.45, 7) is 19.6. The maximum Gasteiger partial charge on any atom is 0.417 e. The van der Waals surface area contributed by atoms with Crippen molar-refractivity contribution in [2.45, 2.75) is 80.3 Å². The number of aryl methyl sites for hydroxylation is 1. The van der Waals surface area contributed by atoms with E-state index in [1.807, 2.05) is 61.5 Å². The molecule has 1 aromatic carbocycles. The lowest BCUT2D eigenvalue weighted by molar-refractivity contribution is 0.0545. The number of nitriles is 1. The maximum absolute atomic E-state index is 13.5. The topological polar surface area (TPSA) is 101 Å². The molecule has 0 radical (unpaired) electrons. The number of aromatic nitrogens is 2. The highest BCUT2D eigenvalue weighted by Crippen LogP contribution is 2.49. The molecule has 1 heterocycles. The van der Waals surface area contributed by atoms with Gasteiger partial charge in [0.05, 0.1) is 12.7 Å². The smallest absolute Gasteiger partial charge is 0.417 e. The number of benzene rings is 1. The number of rotatable bonds is 8. The molecular formula is C32H43N5O3. The molecule has 1 fully saturated rings. The van der Waals surface area contributed by atoms with Crippen molar-refractivity contribution in [3.8, 4) is 22.9 Å². The first-order valence-electron chi connectivity index (χ1n) is 13.7. The zero-order valence-electron chi connectivity index (χ0n) is 25.5.